The number of fused-ring (bicyclic) bond motifs is 3. The standard InChI is InChI=1S/C26H24FN5O4/c1-26(35)11-18-14-36-24-21(32(18)25(26)34)10-17(13-29-24)30-22-7-5-16(12-28-22)15-4-6-20(19(27)9-15)31-8-2-3-23(31)33/h4-7,9-10,12-13,18,35H,2-3,8,11,14H2,1H3,(H,28,30)/t18-,26+/m0/s1. The third-order valence-corrected chi connectivity index (χ3v) is 6.86. The quantitative estimate of drug-likeness (QED) is 0.578. The molecule has 0 bridgehead atoms. The lowest BCUT2D eigenvalue weighted by molar-refractivity contribution is -0.131. The SMILES string of the molecule is C[C@@]1(O)C[C@H]2COc3ncc(Nc4ccc(-c5ccc(N6CCCC6=O)c(F)c5)cn4)cc3N2C1=O. The van der Waals surface area contributed by atoms with Gasteiger partial charge in [0, 0.05) is 31.1 Å². The molecule has 3 aromatic rings. The molecule has 0 saturated carbocycles. The average molecular weight is 490 g/mol. The van der Waals surface area contributed by atoms with E-state index < -0.39 is 11.4 Å². The molecule has 9 nitrogen and oxygen atoms in total. The number of anilines is 4. The van der Waals surface area contributed by atoms with Crippen molar-refractivity contribution in [2.45, 2.75) is 37.8 Å². The maximum Gasteiger partial charge on any atom is 0.259 e. The Morgan fingerprint density at radius 1 is 1.11 bits per heavy atom. The van der Waals surface area contributed by atoms with Crippen molar-refractivity contribution in [3.8, 4) is 17.0 Å². The Balaban J connectivity index is 1.21. The Bertz CT molecular complexity index is 1380. The molecule has 2 aromatic heterocycles. The van der Waals surface area contributed by atoms with Crippen LogP contribution in [0.3, 0.4) is 0 Å². The third kappa shape index (κ3) is 3.74. The van der Waals surface area contributed by atoms with Gasteiger partial charge < -0.3 is 20.1 Å². The lowest BCUT2D eigenvalue weighted by Crippen LogP contribution is -2.43. The summed E-state index contributed by atoms with van der Waals surface area (Å²) >= 11 is 0. The summed E-state index contributed by atoms with van der Waals surface area (Å²) in [6.07, 6.45) is 4.69. The molecule has 2 saturated heterocycles. The minimum atomic E-state index is -1.43. The molecule has 36 heavy (non-hydrogen) atoms. The molecule has 2 amide bonds. The fourth-order valence-corrected chi connectivity index (χ4v) is 5.06. The number of amides is 2. The van der Waals surface area contributed by atoms with Crippen molar-refractivity contribution >= 4 is 34.7 Å². The number of pyridine rings is 2. The zero-order valence-corrected chi connectivity index (χ0v) is 19.6. The van der Waals surface area contributed by atoms with Crippen LogP contribution in [0.5, 0.6) is 5.88 Å². The van der Waals surface area contributed by atoms with Crippen LogP contribution in [0.15, 0.2) is 48.8 Å². The maximum absolute atomic E-state index is 14.7. The van der Waals surface area contributed by atoms with Crippen LogP contribution >= 0.6 is 0 Å². The summed E-state index contributed by atoms with van der Waals surface area (Å²) in [6, 6.07) is 9.90. The summed E-state index contributed by atoms with van der Waals surface area (Å²) in [5.74, 6) is 0.00406. The van der Waals surface area contributed by atoms with Crippen molar-refractivity contribution in [1.29, 1.82) is 0 Å². The van der Waals surface area contributed by atoms with Gasteiger partial charge in [-0.25, -0.2) is 14.4 Å². The topological polar surface area (TPSA) is 108 Å². The second kappa shape index (κ2) is 8.27. The van der Waals surface area contributed by atoms with E-state index in [9.17, 15) is 19.1 Å². The first-order chi connectivity index (χ1) is 17.3. The Hall–Kier alpha value is -4.05. The Morgan fingerprint density at radius 3 is 2.67 bits per heavy atom. The van der Waals surface area contributed by atoms with Gasteiger partial charge in [-0.15, -0.1) is 0 Å². The molecular weight excluding hydrogens is 465 g/mol. The molecule has 5 heterocycles. The van der Waals surface area contributed by atoms with Gasteiger partial charge in [0.1, 0.15) is 29.5 Å². The minimum absolute atomic E-state index is 0.0584. The third-order valence-electron chi connectivity index (χ3n) is 6.86. The second-order valence-corrected chi connectivity index (χ2v) is 9.54. The minimum Gasteiger partial charge on any atom is -0.474 e. The number of benzene rings is 1. The van der Waals surface area contributed by atoms with Crippen molar-refractivity contribution in [3.05, 3.63) is 54.6 Å². The predicted octanol–water partition coefficient (Wildman–Crippen LogP) is 3.40. The first kappa shape index (κ1) is 22.4. The fourth-order valence-electron chi connectivity index (χ4n) is 5.06. The average Bonchev–Trinajstić information content (AvgIpc) is 3.39. The maximum atomic E-state index is 14.7. The lowest BCUT2D eigenvalue weighted by Gasteiger charge is -2.31. The number of hydrogen-bond donors (Lipinski definition) is 2. The lowest BCUT2D eigenvalue weighted by atomic mass is 10.0. The molecule has 2 fully saturated rings. The van der Waals surface area contributed by atoms with Crippen LogP contribution in [0.1, 0.15) is 26.2 Å². The van der Waals surface area contributed by atoms with Gasteiger partial charge in [-0.2, -0.15) is 0 Å². The highest BCUT2D eigenvalue weighted by Gasteiger charge is 2.50. The monoisotopic (exact) mass is 489 g/mol. The Kier molecular flexibility index (Phi) is 5.15. The van der Waals surface area contributed by atoms with E-state index in [4.69, 9.17) is 4.74 Å². The number of nitrogens with zero attached hydrogens (tertiary/aromatic N) is 4. The molecule has 0 spiro atoms. The Morgan fingerprint density at radius 2 is 1.94 bits per heavy atom. The van der Waals surface area contributed by atoms with E-state index in [1.165, 1.54) is 17.9 Å². The van der Waals surface area contributed by atoms with Crippen LogP contribution in [-0.2, 0) is 9.59 Å². The van der Waals surface area contributed by atoms with E-state index in [-0.39, 0.29) is 24.5 Å². The summed E-state index contributed by atoms with van der Waals surface area (Å²) in [5.41, 5.74) is 1.35. The van der Waals surface area contributed by atoms with Crippen molar-refractivity contribution in [2.24, 2.45) is 0 Å². The van der Waals surface area contributed by atoms with Gasteiger partial charge in [0.05, 0.1) is 23.6 Å². The number of aromatic nitrogens is 2. The Labute approximate surface area is 206 Å². The molecule has 2 atom stereocenters. The molecule has 0 aliphatic carbocycles. The smallest absolute Gasteiger partial charge is 0.259 e. The molecule has 184 valence electrons. The van der Waals surface area contributed by atoms with E-state index in [1.807, 2.05) is 6.07 Å². The molecule has 1 aromatic carbocycles. The van der Waals surface area contributed by atoms with Gasteiger partial charge in [0.2, 0.25) is 11.8 Å². The van der Waals surface area contributed by atoms with Crippen molar-refractivity contribution in [2.75, 3.05) is 28.3 Å². The van der Waals surface area contributed by atoms with Crippen LogP contribution in [0.2, 0.25) is 0 Å². The highest BCUT2D eigenvalue weighted by Crippen LogP contribution is 2.42. The van der Waals surface area contributed by atoms with Gasteiger partial charge in [-0.3, -0.25) is 14.5 Å². The first-order valence-electron chi connectivity index (χ1n) is 11.8. The summed E-state index contributed by atoms with van der Waals surface area (Å²) < 4.78 is 20.4. The predicted molar refractivity (Wildman–Crippen MR) is 131 cm³/mol. The number of aliphatic hydroxyl groups is 1. The summed E-state index contributed by atoms with van der Waals surface area (Å²) in [6.45, 7) is 2.33. The zero-order valence-electron chi connectivity index (χ0n) is 19.6. The zero-order chi connectivity index (χ0) is 25.0. The van der Waals surface area contributed by atoms with Crippen LogP contribution in [-0.4, -0.2) is 51.7 Å². The van der Waals surface area contributed by atoms with Crippen LogP contribution in [0.25, 0.3) is 11.1 Å². The molecule has 2 N–H and O–H groups in total. The van der Waals surface area contributed by atoms with E-state index in [0.717, 1.165) is 12.0 Å². The number of carbonyl (C=O) groups is 2. The summed E-state index contributed by atoms with van der Waals surface area (Å²) in [4.78, 5) is 36.5. The molecule has 6 rings (SSSR count). The molecular formula is C26H24FN5O4. The number of halogens is 1. The van der Waals surface area contributed by atoms with Gasteiger partial charge >= 0.3 is 0 Å². The highest BCUT2D eigenvalue weighted by atomic mass is 19.1. The number of rotatable bonds is 4. The number of carbonyl (C=O) groups excluding carboxylic acids is 2. The van der Waals surface area contributed by atoms with E-state index in [0.29, 0.717) is 53.7 Å². The van der Waals surface area contributed by atoms with Gasteiger partial charge in [-0.1, -0.05) is 6.07 Å². The highest BCUT2D eigenvalue weighted by molar-refractivity contribution is 6.03. The molecule has 10 heteroatoms. The molecule has 3 aliphatic heterocycles. The van der Waals surface area contributed by atoms with Crippen molar-refractivity contribution in [1.82, 2.24) is 9.97 Å². The normalized spacial score (nSPS) is 22.9. The van der Waals surface area contributed by atoms with E-state index in [1.54, 1.807) is 41.6 Å². The second-order valence-electron chi connectivity index (χ2n) is 9.54. The van der Waals surface area contributed by atoms with Crippen molar-refractivity contribution in [3.63, 3.8) is 0 Å². The van der Waals surface area contributed by atoms with Crippen LogP contribution in [0, 0.1) is 5.82 Å². The van der Waals surface area contributed by atoms with Crippen LogP contribution < -0.4 is 19.9 Å². The molecule has 3 aliphatic rings. The summed E-state index contributed by atoms with van der Waals surface area (Å²) in [7, 11) is 0. The number of ether oxygens (including phenoxy) is 1. The van der Waals surface area contributed by atoms with Gasteiger partial charge in [0.15, 0.2) is 0 Å². The van der Waals surface area contributed by atoms with Gasteiger partial charge in [0.25, 0.3) is 5.91 Å². The van der Waals surface area contributed by atoms with Crippen LogP contribution in [0.4, 0.5) is 27.3 Å². The van der Waals surface area contributed by atoms with Crippen molar-refractivity contribution < 1.29 is 23.8 Å². The van der Waals surface area contributed by atoms with E-state index >= 15 is 0 Å². The first-order valence-corrected chi connectivity index (χ1v) is 11.8. The van der Waals surface area contributed by atoms with Gasteiger partial charge in [-0.05, 0) is 49.2 Å². The fraction of sp³-hybridized carbons (Fsp3) is 0.308. The number of nitrogens with one attached hydrogen (secondary N) is 1. The molecule has 0 radical (unpaired) electrons. The largest absolute Gasteiger partial charge is 0.474 e. The summed E-state index contributed by atoms with van der Waals surface area (Å²) in [5, 5.41) is 13.6. The number of hydrogen-bond acceptors (Lipinski definition) is 7. The van der Waals surface area contributed by atoms with E-state index in [2.05, 4.69) is 15.3 Å². The molecule has 0 unspecified atom stereocenters.